The van der Waals surface area contributed by atoms with Gasteiger partial charge in [-0.1, -0.05) is 0 Å². The van der Waals surface area contributed by atoms with Gasteiger partial charge in [0.25, 0.3) is 6.43 Å². The molecule has 2 N–H and O–H groups in total. The molecule has 1 saturated carbocycles. The van der Waals surface area contributed by atoms with Gasteiger partial charge in [0.05, 0.1) is 0 Å². The van der Waals surface area contributed by atoms with Gasteiger partial charge in [0.2, 0.25) is 5.13 Å². The molecule has 1 aliphatic rings. The third-order valence-corrected chi connectivity index (χ3v) is 2.82. The van der Waals surface area contributed by atoms with Crippen LogP contribution in [0.1, 0.15) is 24.6 Å². The molecule has 0 aliphatic heterocycles. The Balaban J connectivity index is 1.82. The molecule has 1 unspecified atom stereocenters. The second-order valence-electron chi connectivity index (χ2n) is 3.51. The number of halogens is 2. The van der Waals surface area contributed by atoms with Gasteiger partial charge in [-0.3, -0.25) is 0 Å². The summed E-state index contributed by atoms with van der Waals surface area (Å²) < 4.78 is 28.0. The normalized spacial score (nSPS) is 18.1. The average Bonchev–Trinajstić information content (AvgIpc) is 2.95. The molecule has 15 heavy (non-hydrogen) atoms. The molecular formula is C8H11F2N3OS. The smallest absolute Gasteiger partial charge is 0.265 e. The summed E-state index contributed by atoms with van der Waals surface area (Å²) in [7, 11) is 0. The van der Waals surface area contributed by atoms with Crippen LogP contribution in [0, 0.1) is 0 Å². The number of nitrogens with zero attached hydrogens (tertiary/aromatic N) is 2. The minimum Gasteiger partial charge on any atom is -0.385 e. The Kier molecular flexibility index (Phi) is 3.11. The van der Waals surface area contributed by atoms with Crippen LogP contribution in [0.2, 0.25) is 0 Å². The minimum atomic E-state index is -2.73. The zero-order valence-corrected chi connectivity index (χ0v) is 8.68. The molecule has 1 aromatic rings. The standard InChI is InChI=1S/C8H11F2N3OS/c9-6(10)5(14)3-11-8-12-7(13-15-8)4-1-2-4/h4-6,14H,1-3H2,(H,11,12,13). The second kappa shape index (κ2) is 4.36. The fraction of sp³-hybridized carbons (Fsp3) is 0.750. The topological polar surface area (TPSA) is 58.0 Å². The van der Waals surface area contributed by atoms with E-state index in [4.69, 9.17) is 5.11 Å². The maximum atomic E-state index is 12.0. The number of aliphatic hydroxyl groups excluding tert-OH is 1. The first-order chi connectivity index (χ1) is 7.16. The van der Waals surface area contributed by atoms with Crippen LogP contribution in [0.5, 0.6) is 0 Å². The molecule has 1 aromatic heterocycles. The lowest BCUT2D eigenvalue weighted by molar-refractivity contribution is 0.00384. The molecule has 0 spiro atoms. The van der Waals surface area contributed by atoms with Crippen LogP contribution in [0.15, 0.2) is 0 Å². The van der Waals surface area contributed by atoms with Crippen LogP contribution in [-0.2, 0) is 0 Å². The van der Waals surface area contributed by atoms with Crippen LogP contribution in [0.3, 0.4) is 0 Å². The van der Waals surface area contributed by atoms with Crippen LogP contribution in [0.25, 0.3) is 0 Å². The van der Waals surface area contributed by atoms with Gasteiger partial charge >= 0.3 is 0 Å². The number of aliphatic hydroxyl groups is 1. The summed E-state index contributed by atoms with van der Waals surface area (Å²) in [5.41, 5.74) is 0. The summed E-state index contributed by atoms with van der Waals surface area (Å²) in [6.45, 7) is -0.197. The Labute approximate surface area is 89.5 Å². The molecular weight excluding hydrogens is 224 g/mol. The molecule has 0 radical (unpaired) electrons. The first-order valence-corrected chi connectivity index (χ1v) is 5.48. The Hall–Kier alpha value is -0.820. The maximum Gasteiger partial charge on any atom is 0.265 e. The first-order valence-electron chi connectivity index (χ1n) is 4.70. The lowest BCUT2D eigenvalue weighted by Crippen LogP contribution is -2.26. The number of aromatic nitrogens is 2. The van der Waals surface area contributed by atoms with E-state index >= 15 is 0 Å². The van der Waals surface area contributed by atoms with E-state index < -0.39 is 12.5 Å². The molecule has 1 aliphatic carbocycles. The van der Waals surface area contributed by atoms with Gasteiger partial charge in [-0.25, -0.2) is 13.8 Å². The van der Waals surface area contributed by atoms with Crippen molar-refractivity contribution in [1.82, 2.24) is 9.36 Å². The summed E-state index contributed by atoms with van der Waals surface area (Å²) in [5, 5.41) is 12.0. The van der Waals surface area contributed by atoms with Gasteiger partial charge in [0.1, 0.15) is 11.9 Å². The quantitative estimate of drug-likeness (QED) is 0.811. The number of anilines is 1. The van der Waals surface area contributed by atoms with Crippen LogP contribution < -0.4 is 5.32 Å². The van der Waals surface area contributed by atoms with Gasteiger partial charge < -0.3 is 10.4 Å². The molecule has 0 aromatic carbocycles. The molecule has 4 nitrogen and oxygen atoms in total. The fourth-order valence-corrected chi connectivity index (χ4v) is 1.75. The van der Waals surface area contributed by atoms with E-state index in [-0.39, 0.29) is 6.54 Å². The summed E-state index contributed by atoms with van der Waals surface area (Å²) in [4.78, 5) is 4.14. The third-order valence-electron chi connectivity index (χ3n) is 2.14. The highest BCUT2D eigenvalue weighted by atomic mass is 32.1. The van der Waals surface area contributed by atoms with Crippen molar-refractivity contribution in [1.29, 1.82) is 0 Å². The SMILES string of the molecule is OC(CNc1nc(C2CC2)ns1)C(F)F. The third kappa shape index (κ3) is 2.82. The van der Waals surface area contributed by atoms with E-state index in [1.54, 1.807) is 0 Å². The molecule has 1 fully saturated rings. The Bertz CT molecular complexity index is 329. The van der Waals surface area contributed by atoms with Gasteiger partial charge in [0, 0.05) is 24.0 Å². The van der Waals surface area contributed by atoms with Crippen molar-refractivity contribution in [2.45, 2.75) is 31.3 Å². The first kappa shape index (κ1) is 10.7. The summed E-state index contributed by atoms with van der Waals surface area (Å²) in [5.74, 6) is 1.24. The van der Waals surface area contributed by atoms with Crippen LogP contribution in [-0.4, -0.2) is 33.5 Å². The summed E-state index contributed by atoms with van der Waals surface area (Å²) in [6.07, 6.45) is -2.17. The molecule has 1 atom stereocenters. The monoisotopic (exact) mass is 235 g/mol. The van der Waals surface area contributed by atoms with E-state index in [1.165, 1.54) is 0 Å². The van der Waals surface area contributed by atoms with E-state index in [1.807, 2.05) is 0 Å². The van der Waals surface area contributed by atoms with Gasteiger partial charge in [0.15, 0.2) is 0 Å². The van der Waals surface area contributed by atoms with Crippen molar-refractivity contribution in [3.63, 3.8) is 0 Å². The molecule has 84 valence electrons. The number of hydrogen-bond acceptors (Lipinski definition) is 5. The Morgan fingerprint density at radius 2 is 2.27 bits per heavy atom. The maximum absolute atomic E-state index is 12.0. The minimum absolute atomic E-state index is 0.197. The summed E-state index contributed by atoms with van der Waals surface area (Å²) >= 11 is 1.14. The molecule has 1 heterocycles. The summed E-state index contributed by atoms with van der Waals surface area (Å²) in [6, 6.07) is 0. The zero-order chi connectivity index (χ0) is 10.8. The fourth-order valence-electron chi connectivity index (χ4n) is 1.09. The van der Waals surface area contributed by atoms with Gasteiger partial charge in [-0.15, -0.1) is 0 Å². The van der Waals surface area contributed by atoms with Crippen molar-refractivity contribution < 1.29 is 13.9 Å². The Morgan fingerprint density at radius 3 is 2.87 bits per heavy atom. The predicted molar refractivity (Wildman–Crippen MR) is 52.4 cm³/mol. The molecule has 0 bridgehead atoms. The van der Waals surface area contributed by atoms with Crippen molar-refractivity contribution in [2.75, 3.05) is 11.9 Å². The van der Waals surface area contributed by atoms with E-state index in [2.05, 4.69) is 14.7 Å². The number of nitrogens with one attached hydrogen (secondary N) is 1. The molecule has 0 saturated heterocycles. The second-order valence-corrected chi connectivity index (χ2v) is 4.27. The molecule has 2 rings (SSSR count). The highest BCUT2D eigenvalue weighted by Gasteiger charge is 2.28. The van der Waals surface area contributed by atoms with E-state index in [9.17, 15) is 8.78 Å². The predicted octanol–water partition coefficient (Wildman–Crippen LogP) is 1.45. The molecule has 0 amide bonds. The van der Waals surface area contributed by atoms with E-state index in [0.29, 0.717) is 11.0 Å². The largest absolute Gasteiger partial charge is 0.385 e. The van der Waals surface area contributed by atoms with Gasteiger partial charge in [-0.2, -0.15) is 4.37 Å². The van der Waals surface area contributed by atoms with Crippen molar-refractivity contribution >= 4 is 16.7 Å². The lowest BCUT2D eigenvalue weighted by Gasteiger charge is -2.08. The number of rotatable bonds is 5. The number of hydrogen-bond donors (Lipinski definition) is 2. The highest BCUT2D eigenvalue weighted by Crippen LogP contribution is 2.39. The van der Waals surface area contributed by atoms with Crippen molar-refractivity contribution in [3.8, 4) is 0 Å². The van der Waals surface area contributed by atoms with Crippen LogP contribution >= 0.6 is 11.5 Å². The van der Waals surface area contributed by atoms with Crippen molar-refractivity contribution in [2.24, 2.45) is 0 Å². The lowest BCUT2D eigenvalue weighted by atomic mass is 10.4. The zero-order valence-electron chi connectivity index (χ0n) is 7.86. The highest BCUT2D eigenvalue weighted by molar-refractivity contribution is 7.09. The van der Waals surface area contributed by atoms with E-state index in [0.717, 1.165) is 30.2 Å². The average molecular weight is 235 g/mol. The van der Waals surface area contributed by atoms with Crippen molar-refractivity contribution in [3.05, 3.63) is 5.82 Å². The van der Waals surface area contributed by atoms with Crippen LogP contribution in [0.4, 0.5) is 13.9 Å². The van der Waals surface area contributed by atoms with Gasteiger partial charge in [-0.05, 0) is 12.8 Å². The Morgan fingerprint density at radius 1 is 1.53 bits per heavy atom. The molecule has 7 heteroatoms. The number of alkyl halides is 2.